The number of allylic oxidation sites excluding steroid dienone is 1. The van der Waals surface area contributed by atoms with Crippen molar-refractivity contribution in [2.45, 2.75) is 16.8 Å². The summed E-state index contributed by atoms with van der Waals surface area (Å²) in [5, 5.41) is 12.6. The summed E-state index contributed by atoms with van der Waals surface area (Å²) >= 11 is 1.66. The summed E-state index contributed by atoms with van der Waals surface area (Å²) in [6.45, 7) is 3.81. The van der Waals surface area contributed by atoms with Gasteiger partial charge in [-0.1, -0.05) is 48.2 Å². The van der Waals surface area contributed by atoms with E-state index >= 15 is 0 Å². The lowest BCUT2D eigenvalue weighted by molar-refractivity contribution is 0.663. The highest BCUT2D eigenvalue weighted by atomic mass is 32.2. The molecule has 88 valence electrons. The molecule has 1 atom stereocenters. The molecular formula is C12H14N4S. The first-order chi connectivity index (χ1) is 8.31. The molecule has 0 aliphatic rings. The van der Waals surface area contributed by atoms with E-state index in [9.17, 15) is 0 Å². The van der Waals surface area contributed by atoms with Crippen LogP contribution in [0.5, 0.6) is 0 Å². The van der Waals surface area contributed by atoms with Crippen molar-refractivity contribution in [1.82, 2.24) is 20.2 Å². The first kappa shape index (κ1) is 11.9. The smallest absolute Gasteiger partial charge is 0.209 e. The maximum atomic E-state index is 3.99. The van der Waals surface area contributed by atoms with Crippen LogP contribution in [0.4, 0.5) is 0 Å². The molecule has 0 bridgehead atoms. The molecule has 2 rings (SSSR count). The average molecular weight is 246 g/mol. The van der Waals surface area contributed by atoms with Crippen molar-refractivity contribution in [2.24, 2.45) is 7.05 Å². The summed E-state index contributed by atoms with van der Waals surface area (Å²) in [6.07, 6.45) is 2.82. The van der Waals surface area contributed by atoms with Crippen molar-refractivity contribution in [2.75, 3.05) is 0 Å². The quantitative estimate of drug-likeness (QED) is 0.601. The van der Waals surface area contributed by atoms with Gasteiger partial charge in [-0.15, -0.1) is 11.7 Å². The van der Waals surface area contributed by atoms with E-state index in [2.05, 4.69) is 34.2 Å². The number of tetrazole rings is 1. The largest absolute Gasteiger partial charge is 0.224 e. The van der Waals surface area contributed by atoms with Crippen LogP contribution < -0.4 is 0 Å². The molecule has 2 aromatic rings. The third-order valence-corrected chi connectivity index (χ3v) is 3.69. The molecule has 4 nitrogen and oxygen atoms in total. The van der Waals surface area contributed by atoms with Gasteiger partial charge in [-0.2, -0.15) is 0 Å². The summed E-state index contributed by atoms with van der Waals surface area (Å²) in [4.78, 5) is 0. The second-order valence-corrected chi connectivity index (χ2v) is 4.80. The second-order valence-electron chi connectivity index (χ2n) is 3.63. The zero-order valence-corrected chi connectivity index (χ0v) is 10.5. The van der Waals surface area contributed by atoms with Gasteiger partial charge in [0.05, 0.1) is 0 Å². The highest BCUT2D eigenvalue weighted by molar-refractivity contribution is 7.99. The topological polar surface area (TPSA) is 43.6 Å². The van der Waals surface area contributed by atoms with Crippen LogP contribution >= 0.6 is 11.8 Å². The van der Waals surface area contributed by atoms with E-state index in [1.807, 2.05) is 31.3 Å². The lowest BCUT2D eigenvalue weighted by atomic mass is 10.1. The Labute approximate surface area is 105 Å². The molecule has 1 heterocycles. The molecule has 1 aromatic carbocycles. The first-order valence-corrected chi connectivity index (χ1v) is 6.24. The van der Waals surface area contributed by atoms with Crippen molar-refractivity contribution in [3.63, 3.8) is 0 Å². The zero-order valence-electron chi connectivity index (χ0n) is 9.65. The van der Waals surface area contributed by atoms with Crippen LogP contribution in [-0.2, 0) is 7.05 Å². The molecule has 0 spiro atoms. The van der Waals surface area contributed by atoms with E-state index in [1.54, 1.807) is 16.4 Å². The SMILES string of the molecule is C=CCC(Sc1nnnn1C)c1ccccc1. The second kappa shape index (κ2) is 5.63. The van der Waals surface area contributed by atoms with E-state index in [1.165, 1.54) is 5.56 Å². The van der Waals surface area contributed by atoms with Crippen molar-refractivity contribution < 1.29 is 0 Å². The van der Waals surface area contributed by atoms with Crippen LogP contribution in [0.15, 0.2) is 48.1 Å². The zero-order chi connectivity index (χ0) is 12.1. The van der Waals surface area contributed by atoms with Crippen molar-refractivity contribution in [1.29, 1.82) is 0 Å². The minimum Gasteiger partial charge on any atom is -0.224 e. The predicted molar refractivity (Wildman–Crippen MR) is 68.7 cm³/mol. The molecule has 0 fully saturated rings. The monoisotopic (exact) mass is 246 g/mol. The van der Waals surface area contributed by atoms with Gasteiger partial charge in [0, 0.05) is 12.3 Å². The number of hydrogen-bond acceptors (Lipinski definition) is 4. The highest BCUT2D eigenvalue weighted by Gasteiger charge is 2.14. The summed E-state index contributed by atoms with van der Waals surface area (Å²) in [7, 11) is 1.85. The minimum atomic E-state index is 0.304. The fourth-order valence-electron chi connectivity index (χ4n) is 1.52. The fraction of sp³-hybridized carbons (Fsp3) is 0.250. The summed E-state index contributed by atoms with van der Waals surface area (Å²) in [5.41, 5.74) is 1.26. The lowest BCUT2D eigenvalue weighted by Gasteiger charge is -2.13. The fourth-order valence-corrected chi connectivity index (χ4v) is 2.57. The predicted octanol–water partition coefficient (Wildman–Crippen LogP) is 2.62. The van der Waals surface area contributed by atoms with E-state index in [4.69, 9.17) is 0 Å². The number of hydrogen-bond donors (Lipinski definition) is 0. The van der Waals surface area contributed by atoms with Gasteiger partial charge in [0.2, 0.25) is 5.16 Å². The normalized spacial score (nSPS) is 12.3. The third-order valence-electron chi connectivity index (χ3n) is 2.38. The molecule has 0 radical (unpaired) electrons. The molecule has 1 aromatic heterocycles. The van der Waals surface area contributed by atoms with E-state index in [0.29, 0.717) is 5.25 Å². The molecule has 1 unspecified atom stereocenters. The maximum absolute atomic E-state index is 3.99. The number of thioether (sulfide) groups is 1. The molecule has 0 saturated heterocycles. The molecule has 0 amide bonds. The third kappa shape index (κ3) is 2.94. The molecule has 0 aliphatic carbocycles. The number of aryl methyl sites for hydroxylation is 1. The van der Waals surface area contributed by atoms with E-state index < -0.39 is 0 Å². The van der Waals surface area contributed by atoms with Crippen molar-refractivity contribution in [3.05, 3.63) is 48.6 Å². The van der Waals surface area contributed by atoms with Gasteiger partial charge in [-0.05, 0) is 22.4 Å². The van der Waals surface area contributed by atoms with Crippen molar-refractivity contribution >= 4 is 11.8 Å². The lowest BCUT2D eigenvalue weighted by Crippen LogP contribution is -1.98. The number of aromatic nitrogens is 4. The van der Waals surface area contributed by atoms with Gasteiger partial charge in [0.15, 0.2) is 0 Å². The Morgan fingerprint density at radius 1 is 1.41 bits per heavy atom. The number of benzene rings is 1. The van der Waals surface area contributed by atoms with Gasteiger partial charge in [0.1, 0.15) is 0 Å². The average Bonchev–Trinajstić information content (AvgIpc) is 2.76. The van der Waals surface area contributed by atoms with Gasteiger partial charge >= 0.3 is 0 Å². The Morgan fingerprint density at radius 3 is 2.76 bits per heavy atom. The van der Waals surface area contributed by atoms with Gasteiger partial charge < -0.3 is 0 Å². The van der Waals surface area contributed by atoms with E-state index in [-0.39, 0.29) is 0 Å². The van der Waals surface area contributed by atoms with Gasteiger partial charge in [-0.25, -0.2) is 4.68 Å². The van der Waals surface area contributed by atoms with Crippen LogP contribution in [0.2, 0.25) is 0 Å². The Hall–Kier alpha value is -1.62. The van der Waals surface area contributed by atoms with Crippen LogP contribution in [0.25, 0.3) is 0 Å². The molecule has 0 aliphatic heterocycles. The van der Waals surface area contributed by atoms with Crippen LogP contribution in [0, 0.1) is 0 Å². The van der Waals surface area contributed by atoms with Crippen molar-refractivity contribution in [3.8, 4) is 0 Å². The summed E-state index contributed by atoms with van der Waals surface area (Å²) in [6, 6.07) is 10.3. The van der Waals surface area contributed by atoms with E-state index in [0.717, 1.165) is 11.6 Å². The maximum Gasteiger partial charge on any atom is 0.209 e. The Morgan fingerprint density at radius 2 is 2.18 bits per heavy atom. The standard InChI is InChI=1S/C12H14N4S/c1-3-7-11(10-8-5-4-6-9-10)17-12-13-14-15-16(12)2/h3-6,8-9,11H,1,7H2,2H3. The molecule has 17 heavy (non-hydrogen) atoms. The Balaban J connectivity index is 2.19. The van der Waals surface area contributed by atoms with Crippen LogP contribution in [0.1, 0.15) is 17.2 Å². The molecular weight excluding hydrogens is 232 g/mol. The van der Waals surface area contributed by atoms with Gasteiger partial charge in [0.25, 0.3) is 0 Å². The number of nitrogens with zero attached hydrogens (tertiary/aromatic N) is 4. The van der Waals surface area contributed by atoms with Crippen LogP contribution in [-0.4, -0.2) is 20.2 Å². The summed E-state index contributed by atoms with van der Waals surface area (Å²) in [5.74, 6) is 0. The first-order valence-electron chi connectivity index (χ1n) is 5.36. The van der Waals surface area contributed by atoms with Crippen LogP contribution in [0.3, 0.4) is 0 Å². The molecule has 0 N–H and O–H groups in total. The Bertz CT molecular complexity index is 480. The minimum absolute atomic E-state index is 0.304. The van der Waals surface area contributed by atoms with Gasteiger partial charge in [-0.3, -0.25) is 0 Å². The molecule has 5 heteroatoms. The molecule has 0 saturated carbocycles. The highest BCUT2D eigenvalue weighted by Crippen LogP contribution is 2.36. The summed E-state index contributed by atoms with van der Waals surface area (Å²) < 4.78 is 1.68. The number of rotatable bonds is 5. The Kier molecular flexibility index (Phi) is 3.93.